The minimum absolute atomic E-state index is 0.0632. The maximum absolute atomic E-state index is 12.2. The first kappa shape index (κ1) is 16.8. The Balaban J connectivity index is 1.73. The van der Waals surface area contributed by atoms with E-state index in [-0.39, 0.29) is 5.91 Å². The fourth-order valence-electron chi connectivity index (χ4n) is 2.97. The normalized spacial score (nSPS) is 16.0. The van der Waals surface area contributed by atoms with Crippen molar-refractivity contribution in [1.82, 2.24) is 10.6 Å². The third kappa shape index (κ3) is 5.34. The predicted octanol–water partition coefficient (Wildman–Crippen LogP) is 3.13. The van der Waals surface area contributed by atoms with Crippen LogP contribution in [0.5, 0.6) is 5.75 Å². The molecule has 122 valence electrons. The smallest absolute Gasteiger partial charge is 0.255 e. The van der Waals surface area contributed by atoms with E-state index in [0.29, 0.717) is 30.5 Å². The van der Waals surface area contributed by atoms with Crippen LogP contribution in [0.2, 0.25) is 0 Å². The quantitative estimate of drug-likeness (QED) is 0.601. The maximum atomic E-state index is 12.2. The zero-order valence-electron chi connectivity index (χ0n) is 13.6. The maximum Gasteiger partial charge on any atom is 0.255 e. The molecule has 0 atom stereocenters. The van der Waals surface area contributed by atoms with E-state index in [4.69, 9.17) is 4.74 Å². The van der Waals surface area contributed by atoms with E-state index in [1.54, 1.807) is 6.07 Å². The molecule has 2 N–H and O–H groups in total. The number of carbonyl (C=O) groups excluding carboxylic acids is 1. The van der Waals surface area contributed by atoms with Crippen LogP contribution in [-0.4, -0.2) is 31.6 Å². The zero-order valence-corrected chi connectivity index (χ0v) is 13.6. The highest BCUT2D eigenvalue weighted by Crippen LogP contribution is 2.18. The summed E-state index contributed by atoms with van der Waals surface area (Å²) in [6.07, 6.45) is 7.91. The second kappa shape index (κ2) is 9.46. The fraction of sp³-hybridized carbons (Fsp3) is 0.611. The predicted molar refractivity (Wildman–Crippen MR) is 89.4 cm³/mol. The first-order chi connectivity index (χ1) is 10.8. The van der Waals surface area contributed by atoms with Crippen molar-refractivity contribution < 1.29 is 9.53 Å². The van der Waals surface area contributed by atoms with E-state index >= 15 is 0 Å². The largest absolute Gasteiger partial charge is 0.493 e. The van der Waals surface area contributed by atoms with Crippen LogP contribution in [0.3, 0.4) is 0 Å². The number of ether oxygens (including phenoxy) is 1. The van der Waals surface area contributed by atoms with Crippen molar-refractivity contribution in [2.75, 3.05) is 19.7 Å². The number of carbonyl (C=O) groups is 1. The van der Waals surface area contributed by atoms with Crippen molar-refractivity contribution in [3.05, 3.63) is 29.8 Å². The molecular formula is C18H28N2O2. The summed E-state index contributed by atoms with van der Waals surface area (Å²) in [7, 11) is 0. The number of amides is 1. The third-order valence-electron chi connectivity index (χ3n) is 4.13. The summed E-state index contributed by atoms with van der Waals surface area (Å²) in [5.74, 6) is 0.589. The summed E-state index contributed by atoms with van der Waals surface area (Å²) in [5, 5.41) is 6.53. The molecule has 0 radical (unpaired) electrons. The lowest BCUT2D eigenvalue weighted by molar-refractivity contribution is 0.0949. The molecule has 2 rings (SSSR count). The Morgan fingerprint density at radius 1 is 1.14 bits per heavy atom. The van der Waals surface area contributed by atoms with Crippen LogP contribution in [-0.2, 0) is 0 Å². The van der Waals surface area contributed by atoms with Gasteiger partial charge in [0.15, 0.2) is 0 Å². The molecule has 1 aromatic carbocycles. The second-order valence-corrected chi connectivity index (χ2v) is 5.83. The second-order valence-electron chi connectivity index (χ2n) is 5.83. The first-order valence-corrected chi connectivity index (χ1v) is 8.54. The molecule has 1 aromatic rings. The van der Waals surface area contributed by atoms with Gasteiger partial charge in [-0.1, -0.05) is 37.8 Å². The number of benzene rings is 1. The van der Waals surface area contributed by atoms with Gasteiger partial charge < -0.3 is 15.4 Å². The van der Waals surface area contributed by atoms with Gasteiger partial charge in [0.05, 0.1) is 12.2 Å². The van der Waals surface area contributed by atoms with Gasteiger partial charge in [0.1, 0.15) is 5.75 Å². The monoisotopic (exact) mass is 304 g/mol. The highest BCUT2D eigenvalue weighted by molar-refractivity contribution is 5.96. The minimum atomic E-state index is -0.0632. The van der Waals surface area contributed by atoms with Crippen LogP contribution in [0, 0.1) is 0 Å². The average Bonchev–Trinajstić information content (AvgIpc) is 2.81. The van der Waals surface area contributed by atoms with Crippen molar-refractivity contribution in [2.24, 2.45) is 0 Å². The molecule has 1 amide bonds. The van der Waals surface area contributed by atoms with E-state index in [1.165, 1.54) is 38.5 Å². The van der Waals surface area contributed by atoms with E-state index in [1.807, 2.05) is 25.1 Å². The van der Waals surface area contributed by atoms with Gasteiger partial charge in [-0.25, -0.2) is 0 Å². The highest BCUT2D eigenvalue weighted by Gasteiger charge is 2.13. The molecule has 0 bridgehead atoms. The van der Waals surface area contributed by atoms with Gasteiger partial charge in [0.25, 0.3) is 5.91 Å². The molecule has 4 heteroatoms. The number of rotatable bonds is 7. The number of nitrogens with one attached hydrogen (secondary N) is 2. The van der Waals surface area contributed by atoms with Gasteiger partial charge in [-0.05, 0) is 31.9 Å². The number of hydrogen-bond acceptors (Lipinski definition) is 3. The van der Waals surface area contributed by atoms with Gasteiger partial charge in [-0.3, -0.25) is 4.79 Å². The van der Waals surface area contributed by atoms with Gasteiger partial charge in [0.2, 0.25) is 0 Å². The molecule has 1 saturated carbocycles. The average molecular weight is 304 g/mol. The molecule has 22 heavy (non-hydrogen) atoms. The summed E-state index contributed by atoms with van der Waals surface area (Å²) in [4.78, 5) is 12.2. The van der Waals surface area contributed by atoms with E-state index < -0.39 is 0 Å². The zero-order chi connectivity index (χ0) is 15.6. The lowest BCUT2D eigenvalue weighted by Crippen LogP contribution is -2.37. The van der Waals surface area contributed by atoms with Crippen LogP contribution in [0.25, 0.3) is 0 Å². The summed E-state index contributed by atoms with van der Waals surface area (Å²) in [6.45, 7) is 3.96. The summed E-state index contributed by atoms with van der Waals surface area (Å²) < 4.78 is 5.50. The summed E-state index contributed by atoms with van der Waals surface area (Å²) >= 11 is 0. The van der Waals surface area contributed by atoms with E-state index in [2.05, 4.69) is 10.6 Å². The standard InChI is InChI=1S/C18H28N2O2/c1-2-22-17-12-8-7-11-16(17)18(21)20-14-13-19-15-9-5-3-4-6-10-15/h7-8,11-12,15,19H,2-6,9-10,13-14H2,1H3,(H,20,21). The van der Waals surface area contributed by atoms with Crippen molar-refractivity contribution in [1.29, 1.82) is 0 Å². The molecule has 1 aliphatic carbocycles. The summed E-state index contributed by atoms with van der Waals surface area (Å²) in [5.41, 5.74) is 0.610. The first-order valence-electron chi connectivity index (χ1n) is 8.54. The van der Waals surface area contributed by atoms with E-state index in [9.17, 15) is 4.79 Å². The molecule has 0 aliphatic heterocycles. The van der Waals surface area contributed by atoms with Crippen LogP contribution in [0.15, 0.2) is 24.3 Å². The Bertz CT molecular complexity index is 454. The van der Waals surface area contributed by atoms with E-state index in [0.717, 1.165) is 6.54 Å². The molecular weight excluding hydrogens is 276 g/mol. The molecule has 1 fully saturated rings. The van der Waals surface area contributed by atoms with Crippen LogP contribution < -0.4 is 15.4 Å². The molecule has 1 aliphatic rings. The molecule has 0 aromatic heterocycles. The Morgan fingerprint density at radius 2 is 1.86 bits per heavy atom. The van der Waals surface area contributed by atoms with Crippen molar-refractivity contribution in [2.45, 2.75) is 51.5 Å². The molecule has 0 unspecified atom stereocenters. The number of para-hydroxylation sites is 1. The van der Waals surface area contributed by atoms with Crippen molar-refractivity contribution in [3.63, 3.8) is 0 Å². The fourth-order valence-corrected chi connectivity index (χ4v) is 2.97. The topological polar surface area (TPSA) is 50.4 Å². The van der Waals surface area contributed by atoms with Crippen molar-refractivity contribution >= 4 is 5.91 Å². The Kier molecular flexibility index (Phi) is 7.23. The SMILES string of the molecule is CCOc1ccccc1C(=O)NCCNC1CCCCCC1. The van der Waals surface area contributed by atoms with Gasteiger partial charge >= 0.3 is 0 Å². The third-order valence-corrected chi connectivity index (χ3v) is 4.13. The highest BCUT2D eigenvalue weighted by atomic mass is 16.5. The van der Waals surface area contributed by atoms with Gasteiger partial charge in [-0.2, -0.15) is 0 Å². The van der Waals surface area contributed by atoms with Crippen molar-refractivity contribution in [3.8, 4) is 5.75 Å². The lowest BCUT2D eigenvalue weighted by atomic mass is 10.1. The Hall–Kier alpha value is -1.55. The lowest BCUT2D eigenvalue weighted by Gasteiger charge is -2.16. The molecule has 0 heterocycles. The number of hydrogen-bond donors (Lipinski definition) is 2. The van der Waals surface area contributed by atoms with Crippen LogP contribution in [0.1, 0.15) is 55.8 Å². The molecule has 0 spiro atoms. The molecule has 0 saturated heterocycles. The van der Waals surface area contributed by atoms with Crippen LogP contribution in [0.4, 0.5) is 0 Å². The molecule has 4 nitrogen and oxygen atoms in total. The van der Waals surface area contributed by atoms with Crippen LogP contribution >= 0.6 is 0 Å². The Labute approximate surface area is 133 Å². The van der Waals surface area contributed by atoms with Gasteiger partial charge in [-0.15, -0.1) is 0 Å². The van der Waals surface area contributed by atoms with Gasteiger partial charge in [0, 0.05) is 19.1 Å². The summed E-state index contributed by atoms with van der Waals surface area (Å²) in [6, 6.07) is 8.01. The minimum Gasteiger partial charge on any atom is -0.493 e. The Morgan fingerprint density at radius 3 is 2.59 bits per heavy atom.